The van der Waals surface area contributed by atoms with Crippen LogP contribution in [-0.4, -0.2) is 5.78 Å². The molecule has 0 aliphatic heterocycles. The molecule has 1 nitrogen and oxygen atoms in total. The Kier molecular flexibility index (Phi) is 3.83. The normalized spacial score (nSPS) is 42.6. The summed E-state index contributed by atoms with van der Waals surface area (Å²) in [5, 5.41) is 0. The third-order valence-electron chi connectivity index (χ3n) is 7.07. The third kappa shape index (κ3) is 2.32. The molecule has 3 aliphatic rings. The van der Waals surface area contributed by atoms with Crippen molar-refractivity contribution in [3.05, 3.63) is 12.2 Å². The number of hydrogen-bond acceptors (Lipinski definition) is 1. The van der Waals surface area contributed by atoms with Gasteiger partial charge >= 0.3 is 0 Å². The highest BCUT2D eigenvalue weighted by Gasteiger charge is 2.66. The van der Waals surface area contributed by atoms with E-state index in [0.717, 1.165) is 36.5 Å². The van der Waals surface area contributed by atoms with Crippen LogP contribution in [0.4, 0.5) is 0 Å². The monoisotopic (exact) mass is 288 g/mol. The van der Waals surface area contributed by atoms with E-state index in [1.807, 2.05) is 0 Å². The second-order valence-corrected chi connectivity index (χ2v) is 8.88. The van der Waals surface area contributed by atoms with Gasteiger partial charge in [-0.15, -0.1) is 0 Å². The van der Waals surface area contributed by atoms with Gasteiger partial charge in [-0.05, 0) is 66.6 Å². The molecule has 3 aliphatic carbocycles. The van der Waals surface area contributed by atoms with Crippen LogP contribution < -0.4 is 0 Å². The van der Waals surface area contributed by atoms with Gasteiger partial charge in [-0.25, -0.2) is 0 Å². The van der Waals surface area contributed by atoms with Gasteiger partial charge in [0.2, 0.25) is 0 Å². The first kappa shape index (κ1) is 15.3. The van der Waals surface area contributed by atoms with Gasteiger partial charge in [-0.1, -0.05) is 39.8 Å². The summed E-state index contributed by atoms with van der Waals surface area (Å²) < 4.78 is 0. The fourth-order valence-electron chi connectivity index (χ4n) is 6.21. The van der Waals surface area contributed by atoms with Crippen LogP contribution in [0.15, 0.2) is 12.2 Å². The molecule has 0 heterocycles. The van der Waals surface area contributed by atoms with E-state index in [0.29, 0.717) is 23.0 Å². The standard InChI is InChI=1S/C20H32O/c1-12(2)10-15(21)11-14(4)16-8-9-20(5)17-7-6-13(3)18(17)19(16)20/h12,14,16-19H,3,6-11H2,1-2,4-5H3. The number of hydrogen-bond donors (Lipinski definition) is 0. The van der Waals surface area contributed by atoms with E-state index in [9.17, 15) is 4.79 Å². The van der Waals surface area contributed by atoms with Gasteiger partial charge in [0, 0.05) is 12.8 Å². The van der Waals surface area contributed by atoms with Gasteiger partial charge in [0.1, 0.15) is 5.78 Å². The molecule has 0 aromatic carbocycles. The molecule has 0 aromatic heterocycles. The van der Waals surface area contributed by atoms with Crippen molar-refractivity contribution < 1.29 is 4.79 Å². The van der Waals surface area contributed by atoms with E-state index in [2.05, 4.69) is 34.3 Å². The first-order valence-corrected chi connectivity index (χ1v) is 9.04. The van der Waals surface area contributed by atoms with Crippen LogP contribution in [0.3, 0.4) is 0 Å². The SMILES string of the molecule is C=C1CCC2C1C1C(C(C)CC(=O)CC(C)C)CCC21C. The van der Waals surface area contributed by atoms with Gasteiger partial charge in [0.15, 0.2) is 0 Å². The minimum absolute atomic E-state index is 0.479. The molecule has 0 N–H and O–H groups in total. The Hall–Kier alpha value is -0.590. The predicted octanol–water partition coefficient (Wildman–Crippen LogP) is 5.26. The third-order valence-corrected chi connectivity index (χ3v) is 7.07. The van der Waals surface area contributed by atoms with Crippen LogP contribution in [0.5, 0.6) is 0 Å². The Morgan fingerprint density at radius 3 is 2.67 bits per heavy atom. The number of Topliss-reactive ketones (excluding diaryl/α,β-unsaturated/α-hetero) is 1. The maximum atomic E-state index is 12.2. The molecule has 1 heteroatoms. The summed E-state index contributed by atoms with van der Waals surface area (Å²) in [5.41, 5.74) is 2.10. The maximum Gasteiger partial charge on any atom is 0.133 e. The van der Waals surface area contributed by atoms with Gasteiger partial charge in [0.25, 0.3) is 0 Å². The lowest BCUT2D eigenvalue weighted by Crippen LogP contribution is -2.52. The molecular formula is C20H32O. The Morgan fingerprint density at radius 1 is 1.29 bits per heavy atom. The molecule has 118 valence electrons. The van der Waals surface area contributed by atoms with Gasteiger partial charge in [-0.2, -0.15) is 0 Å². The Labute approximate surface area is 130 Å². The fourth-order valence-corrected chi connectivity index (χ4v) is 6.21. The Balaban J connectivity index is 1.67. The van der Waals surface area contributed by atoms with E-state index in [4.69, 9.17) is 0 Å². The van der Waals surface area contributed by atoms with E-state index in [1.54, 1.807) is 0 Å². The summed E-state index contributed by atoms with van der Waals surface area (Å²) in [5.74, 6) is 4.86. The minimum atomic E-state index is 0.479. The minimum Gasteiger partial charge on any atom is -0.300 e. The van der Waals surface area contributed by atoms with Crippen molar-refractivity contribution in [3.63, 3.8) is 0 Å². The number of ketones is 1. The highest BCUT2D eigenvalue weighted by Crippen LogP contribution is 2.73. The summed E-state index contributed by atoms with van der Waals surface area (Å²) in [6, 6.07) is 0. The maximum absolute atomic E-state index is 12.2. The average molecular weight is 288 g/mol. The molecule has 3 saturated carbocycles. The van der Waals surface area contributed by atoms with Crippen molar-refractivity contribution in [3.8, 4) is 0 Å². The molecule has 0 bridgehead atoms. The van der Waals surface area contributed by atoms with Crippen molar-refractivity contribution in [1.29, 1.82) is 0 Å². The molecule has 0 radical (unpaired) electrons. The first-order chi connectivity index (χ1) is 9.84. The lowest BCUT2D eigenvalue weighted by atomic mass is 9.47. The van der Waals surface area contributed by atoms with E-state index in [1.165, 1.54) is 31.3 Å². The number of rotatable bonds is 5. The molecule has 6 atom stereocenters. The molecule has 0 aromatic rings. The first-order valence-electron chi connectivity index (χ1n) is 9.04. The number of fused-ring (bicyclic) bond motifs is 4. The average Bonchev–Trinajstić information content (AvgIpc) is 2.84. The molecule has 0 amide bonds. The van der Waals surface area contributed by atoms with Crippen molar-refractivity contribution in [1.82, 2.24) is 0 Å². The second kappa shape index (κ2) is 5.25. The van der Waals surface area contributed by atoms with Crippen LogP contribution >= 0.6 is 0 Å². The Morgan fingerprint density at radius 2 is 2.00 bits per heavy atom. The van der Waals surface area contributed by atoms with Crippen LogP contribution in [0.2, 0.25) is 0 Å². The van der Waals surface area contributed by atoms with Crippen LogP contribution in [0.25, 0.3) is 0 Å². The van der Waals surface area contributed by atoms with Crippen molar-refractivity contribution in [2.24, 2.45) is 40.9 Å². The van der Waals surface area contributed by atoms with Crippen LogP contribution in [0.1, 0.15) is 66.2 Å². The molecule has 6 unspecified atom stereocenters. The van der Waals surface area contributed by atoms with Gasteiger partial charge in [0.05, 0.1) is 0 Å². The molecule has 21 heavy (non-hydrogen) atoms. The fraction of sp³-hybridized carbons (Fsp3) is 0.850. The molecular weight excluding hydrogens is 256 g/mol. The largest absolute Gasteiger partial charge is 0.300 e. The second-order valence-electron chi connectivity index (χ2n) is 8.88. The smallest absolute Gasteiger partial charge is 0.133 e. The summed E-state index contributed by atoms with van der Waals surface area (Å²) in [7, 11) is 0. The number of allylic oxidation sites excluding steroid dienone is 1. The zero-order valence-electron chi connectivity index (χ0n) is 14.3. The Bertz CT molecular complexity index is 449. The van der Waals surface area contributed by atoms with Crippen LogP contribution in [-0.2, 0) is 4.79 Å². The molecule has 0 saturated heterocycles. The van der Waals surface area contributed by atoms with Crippen LogP contribution in [0, 0.1) is 40.9 Å². The summed E-state index contributed by atoms with van der Waals surface area (Å²) in [6.45, 7) is 13.5. The lowest BCUT2D eigenvalue weighted by Gasteiger charge is -2.57. The molecule has 0 spiro atoms. The summed E-state index contributed by atoms with van der Waals surface area (Å²) >= 11 is 0. The quantitative estimate of drug-likeness (QED) is 0.631. The molecule has 3 fully saturated rings. The summed E-state index contributed by atoms with van der Waals surface area (Å²) in [4.78, 5) is 12.2. The van der Waals surface area contributed by atoms with Crippen molar-refractivity contribution in [2.75, 3.05) is 0 Å². The van der Waals surface area contributed by atoms with Crippen molar-refractivity contribution >= 4 is 5.78 Å². The van der Waals surface area contributed by atoms with Gasteiger partial charge in [-0.3, -0.25) is 4.79 Å². The van der Waals surface area contributed by atoms with E-state index < -0.39 is 0 Å². The highest BCUT2D eigenvalue weighted by atomic mass is 16.1. The lowest BCUT2D eigenvalue weighted by molar-refractivity contribution is -0.122. The van der Waals surface area contributed by atoms with E-state index >= 15 is 0 Å². The topological polar surface area (TPSA) is 17.1 Å². The zero-order valence-corrected chi connectivity index (χ0v) is 14.3. The number of carbonyl (C=O) groups is 1. The van der Waals surface area contributed by atoms with E-state index in [-0.39, 0.29) is 0 Å². The zero-order chi connectivity index (χ0) is 15.4. The highest BCUT2D eigenvalue weighted by molar-refractivity contribution is 5.78. The van der Waals surface area contributed by atoms with Crippen molar-refractivity contribution in [2.45, 2.75) is 66.2 Å². The van der Waals surface area contributed by atoms with Gasteiger partial charge < -0.3 is 0 Å². The summed E-state index contributed by atoms with van der Waals surface area (Å²) in [6.07, 6.45) is 6.94. The number of carbonyl (C=O) groups excluding carboxylic acids is 1. The molecule has 3 rings (SSSR count). The predicted molar refractivity (Wildman–Crippen MR) is 87.9 cm³/mol.